The fraction of sp³-hybridized carbons (Fsp3) is 0.143. The summed E-state index contributed by atoms with van der Waals surface area (Å²) >= 11 is 0. The number of benzene rings is 6. The van der Waals surface area contributed by atoms with E-state index in [4.69, 9.17) is 14.2 Å². The molecule has 0 aromatic heterocycles. The van der Waals surface area contributed by atoms with Crippen molar-refractivity contribution in [3.05, 3.63) is 159 Å². The topological polar surface area (TPSA) is 149 Å². The van der Waals surface area contributed by atoms with Gasteiger partial charge in [-0.05, 0) is 88.0 Å². The number of phenols is 6. The van der Waals surface area contributed by atoms with Gasteiger partial charge < -0.3 is 44.8 Å². The van der Waals surface area contributed by atoms with Gasteiger partial charge in [0, 0.05) is 34.9 Å². The number of aromatic hydroxyl groups is 6. The van der Waals surface area contributed by atoms with E-state index < -0.39 is 36.1 Å². The minimum absolute atomic E-state index is 0.00268. The van der Waals surface area contributed by atoms with E-state index in [1.54, 1.807) is 109 Å². The summed E-state index contributed by atoms with van der Waals surface area (Å²) in [5, 5.41) is 64.5. The van der Waals surface area contributed by atoms with Gasteiger partial charge in [-0.15, -0.1) is 0 Å². The minimum atomic E-state index is -0.635. The van der Waals surface area contributed by atoms with Crippen molar-refractivity contribution in [2.45, 2.75) is 36.1 Å². The zero-order chi connectivity index (χ0) is 34.7. The monoisotopic (exact) mass is 678 g/mol. The molecule has 0 saturated heterocycles. The molecule has 6 aromatic carbocycles. The predicted octanol–water partition coefficient (Wildman–Crippen LogP) is 8.03. The van der Waals surface area contributed by atoms with E-state index in [0.29, 0.717) is 17.2 Å². The van der Waals surface area contributed by atoms with Gasteiger partial charge in [0.1, 0.15) is 70.1 Å². The molecule has 0 fully saturated rings. The van der Waals surface area contributed by atoms with Crippen LogP contribution in [0.2, 0.25) is 0 Å². The number of hydrogen-bond donors (Lipinski definition) is 6. The second-order valence-corrected chi connectivity index (χ2v) is 13.7. The maximum Gasteiger partial charge on any atom is 0.135 e. The largest absolute Gasteiger partial charge is 0.508 e. The van der Waals surface area contributed by atoms with Crippen molar-refractivity contribution in [1.82, 2.24) is 0 Å². The van der Waals surface area contributed by atoms with Gasteiger partial charge in [-0.3, -0.25) is 0 Å². The molecule has 10 rings (SSSR count). The van der Waals surface area contributed by atoms with Gasteiger partial charge in [0.2, 0.25) is 0 Å². The first-order chi connectivity index (χ1) is 24.7. The summed E-state index contributed by atoms with van der Waals surface area (Å²) in [5.41, 5.74) is 6.97. The molecule has 0 radical (unpaired) electrons. The Bertz CT molecular complexity index is 2120. The zero-order valence-corrected chi connectivity index (χ0v) is 26.8. The van der Waals surface area contributed by atoms with Crippen molar-refractivity contribution in [2.24, 2.45) is 0 Å². The van der Waals surface area contributed by atoms with E-state index in [2.05, 4.69) is 0 Å². The molecule has 3 heterocycles. The van der Waals surface area contributed by atoms with Gasteiger partial charge in [0.05, 0.1) is 17.8 Å². The Hall–Kier alpha value is -6.48. The first kappa shape index (κ1) is 29.4. The Balaban J connectivity index is 1.33. The van der Waals surface area contributed by atoms with Crippen molar-refractivity contribution in [3.63, 3.8) is 0 Å². The van der Waals surface area contributed by atoms with Crippen LogP contribution in [0.3, 0.4) is 0 Å². The van der Waals surface area contributed by atoms with Crippen molar-refractivity contribution >= 4 is 0 Å². The molecule has 9 heteroatoms. The number of ether oxygens (including phenoxy) is 3. The molecule has 0 spiro atoms. The van der Waals surface area contributed by atoms with Crippen LogP contribution in [0.1, 0.15) is 86.1 Å². The van der Waals surface area contributed by atoms with Gasteiger partial charge in [0.25, 0.3) is 0 Å². The van der Waals surface area contributed by atoms with E-state index in [1.807, 2.05) is 0 Å². The van der Waals surface area contributed by atoms with Crippen LogP contribution in [0.15, 0.2) is 109 Å². The fourth-order valence-corrected chi connectivity index (χ4v) is 8.76. The minimum Gasteiger partial charge on any atom is -0.508 e. The molecule has 3 aliphatic heterocycles. The second kappa shape index (κ2) is 10.5. The standard InChI is InChI=1S/C42H30O9/c43-22-7-1-19(2-8-22)40-37-28-13-25(46)17-32-35(28)39(42(50-32)21-5-11-24(45)12-6-21)30-15-27(48)18-33-36(30)38(29-14-26(47)16-31(49-40)34(29)37)41(51-33)20-3-9-23(44)10-4-20/h1-18,37-48H/t37-,38-,39-,40+,41+,42+/m1/s1. The average molecular weight is 679 g/mol. The van der Waals surface area contributed by atoms with E-state index >= 15 is 0 Å². The third kappa shape index (κ3) is 4.34. The highest BCUT2D eigenvalue weighted by atomic mass is 16.5. The molecule has 6 aromatic rings. The van der Waals surface area contributed by atoms with E-state index in [-0.39, 0.29) is 34.5 Å². The lowest BCUT2D eigenvalue weighted by Crippen LogP contribution is -2.16. The summed E-state index contributed by atoms with van der Waals surface area (Å²) in [5.74, 6) is 0.123. The lowest BCUT2D eigenvalue weighted by atomic mass is 9.76. The maximum absolute atomic E-state index is 11.3. The Morgan fingerprint density at radius 1 is 0.314 bits per heavy atom. The highest BCUT2D eigenvalue weighted by Gasteiger charge is 2.52. The highest BCUT2D eigenvalue weighted by Crippen LogP contribution is 2.65. The van der Waals surface area contributed by atoms with Crippen LogP contribution in [0, 0.1) is 0 Å². The van der Waals surface area contributed by atoms with Crippen molar-refractivity contribution in [3.8, 4) is 51.7 Å². The molecule has 51 heavy (non-hydrogen) atoms. The van der Waals surface area contributed by atoms with Crippen LogP contribution in [0.5, 0.6) is 51.7 Å². The van der Waals surface area contributed by atoms with Gasteiger partial charge in [0.15, 0.2) is 0 Å². The van der Waals surface area contributed by atoms with Gasteiger partial charge in [-0.1, -0.05) is 36.4 Å². The van der Waals surface area contributed by atoms with Crippen LogP contribution in [-0.4, -0.2) is 30.6 Å². The molecule has 6 atom stereocenters. The first-order valence-electron chi connectivity index (χ1n) is 16.7. The molecule has 0 amide bonds. The second-order valence-electron chi connectivity index (χ2n) is 13.7. The van der Waals surface area contributed by atoms with Crippen LogP contribution in [0.4, 0.5) is 0 Å². The first-order valence-corrected chi connectivity index (χ1v) is 16.7. The van der Waals surface area contributed by atoms with Gasteiger partial charge in [-0.2, -0.15) is 0 Å². The lowest BCUT2D eigenvalue weighted by molar-refractivity contribution is 0.219. The lowest BCUT2D eigenvalue weighted by Gasteiger charge is -2.26. The van der Waals surface area contributed by atoms with Crippen LogP contribution >= 0.6 is 0 Å². The molecule has 0 bridgehead atoms. The smallest absolute Gasteiger partial charge is 0.135 e. The molecule has 4 aliphatic rings. The summed E-state index contributed by atoms with van der Waals surface area (Å²) in [4.78, 5) is 0. The Morgan fingerprint density at radius 2 is 0.569 bits per heavy atom. The predicted molar refractivity (Wildman–Crippen MR) is 184 cm³/mol. The van der Waals surface area contributed by atoms with Crippen LogP contribution in [0.25, 0.3) is 0 Å². The third-order valence-electron chi connectivity index (χ3n) is 10.7. The zero-order valence-electron chi connectivity index (χ0n) is 26.8. The van der Waals surface area contributed by atoms with E-state index in [9.17, 15) is 30.6 Å². The molecule has 0 unspecified atom stereocenters. The Morgan fingerprint density at radius 3 is 0.824 bits per heavy atom. The van der Waals surface area contributed by atoms with Gasteiger partial charge in [-0.25, -0.2) is 0 Å². The summed E-state index contributed by atoms with van der Waals surface area (Å²) in [7, 11) is 0. The number of fused-ring (bicyclic) bond motifs is 3. The highest BCUT2D eigenvalue weighted by molar-refractivity contribution is 5.70. The summed E-state index contributed by atoms with van der Waals surface area (Å²) in [6.07, 6.45) is -1.91. The van der Waals surface area contributed by atoms with Crippen LogP contribution < -0.4 is 14.2 Å². The quantitative estimate of drug-likeness (QED) is 0.109. The number of phenolic OH excluding ortho intramolecular Hbond substituents is 6. The summed E-state index contributed by atoms with van der Waals surface area (Å²) < 4.78 is 20.3. The van der Waals surface area contributed by atoms with E-state index in [1.165, 1.54) is 0 Å². The number of hydrogen-bond acceptors (Lipinski definition) is 9. The third-order valence-corrected chi connectivity index (χ3v) is 10.7. The van der Waals surface area contributed by atoms with Gasteiger partial charge >= 0.3 is 0 Å². The normalized spacial score (nSPS) is 23.1. The molecule has 0 saturated carbocycles. The SMILES string of the molecule is Oc1ccc([C@@H]2Oc3cc(O)cc4c3[C@H]2c2cc(O)cc3c2[C@@H](c2cc(O)cc5c2[C@@H]4[C@H](c2ccc(O)cc2)O5)[C@H](c2ccc(O)cc2)O3)cc1. The molecule has 1 aliphatic carbocycles. The van der Waals surface area contributed by atoms with Crippen LogP contribution in [-0.2, 0) is 0 Å². The maximum atomic E-state index is 11.3. The van der Waals surface area contributed by atoms with E-state index in [0.717, 1.165) is 50.1 Å². The molecular formula is C42H30O9. The average Bonchev–Trinajstić information content (AvgIpc) is 3.80. The Labute approximate surface area is 291 Å². The molecule has 6 N–H and O–H groups in total. The molecule has 9 nitrogen and oxygen atoms in total. The molecular weight excluding hydrogens is 648 g/mol. The molecule has 252 valence electrons. The van der Waals surface area contributed by atoms with Crippen molar-refractivity contribution < 1.29 is 44.8 Å². The summed E-state index contributed by atoms with van der Waals surface area (Å²) in [6, 6.07) is 30.5. The Kier molecular flexibility index (Phi) is 6.07. The van der Waals surface area contributed by atoms with Crippen molar-refractivity contribution in [1.29, 1.82) is 0 Å². The summed E-state index contributed by atoms with van der Waals surface area (Å²) in [6.45, 7) is 0. The fourth-order valence-electron chi connectivity index (χ4n) is 8.76. The number of rotatable bonds is 3. The van der Waals surface area contributed by atoms with Crippen molar-refractivity contribution in [2.75, 3.05) is 0 Å².